The number of Topliss-reactive ketones (excluding diaryl/α,β-unsaturated/α-hetero) is 1. The van der Waals surface area contributed by atoms with Crippen LogP contribution in [0.1, 0.15) is 22.8 Å². The summed E-state index contributed by atoms with van der Waals surface area (Å²) in [6, 6.07) is 12.1. The Morgan fingerprint density at radius 3 is 2.50 bits per heavy atom. The molecule has 0 amide bonds. The molecule has 2 aromatic rings. The Balaban J connectivity index is 2.24. The number of esters is 1. The highest BCUT2D eigenvalue weighted by Gasteiger charge is 2.29. The number of ketones is 1. The van der Waals surface area contributed by atoms with Gasteiger partial charge in [0.1, 0.15) is 11.1 Å². The highest BCUT2D eigenvalue weighted by molar-refractivity contribution is 6.29. The number of nitrogens with zero attached hydrogens (tertiary/aromatic N) is 1. The SMILES string of the molecule is CCOC(=O)[C@@H](Cc1ccc(Cl)nc1)C(=O)c1ccccc1. The summed E-state index contributed by atoms with van der Waals surface area (Å²) in [5.74, 6) is -1.66. The number of carbonyl (C=O) groups excluding carboxylic acids is 2. The molecule has 0 aliphatic heterocycles. The Morgan fingerprint density at radius 2 is 1.91 bits per heavy atom. The van der Waals surface area contributed by atoms with Crippen LogP contribution in [-0.4, -0.2) is 23.3 Å². The first-order valence-corrected chi connectivity index (χ1v) is 7.36. The van der Waals surface area contributed by atoms with Gasteiger partial charge in [-0.15, -0.1) is 0 Å². The Morgan fingerprint density at radius 1 is 1.18 bits per heavy atom. The third kappa shape index (κ3) is 4.15. The smallest absolute Gasteiger partial charge is 0.317 e. The van der Waals surface area contributed by atoms with Gasteiger partial charge >= 0.3 is 5.97 Å². The Hall–Kier alpha value is -2.20. The molecule has 0 radical (unpaired) electrons. The van der Waals surface area contributed by atoms with Gasteiger partial charge in [0.2, 0.25) is 0 Å². The molecule has 0 saturated heterocycles. The molecule has 5 heteroatoms. The molecule has 1 atom stereocenters. The van der Waals surface area contributed by atoms with E-state index in [1.165, 1.54) is 0 Å². The molecule has 0 fully saturated rings. The number of hydrogen-bond acceptors (Lipinski definition) is 4. The highest BCUT2D eigenvalue weighted by atomic mass is 35.5. The van der Waals surface area contributed by atoms with E-state index in [4.69, 9.17) is 16.3 Å². The average Bonchev–Trinajstić information content (AvgIpc) is 2.54. The van der Waals surface area contributed by atoms with E-state index in [2.05, 4.69) is 4.98 Å². The normalized spacial score (nSPS) is 11.7. The first-order chi connectivity index (χ1) is 10.6. The lowest BCUT2D eigenvalue weighted by atomic mass is 9.92. The van der Waals surface area contributed by atoms with Crippen molar-refractivity contribution < 1.29 is 14.3 Å². The average molecular weight is 318 g/mol. The van der Waals surface area contributed by atoms with Crippen LogP contribution in [0.2, 0.25) is 5.15 Å². The van der Waals surface area contributed by atoms with Gasteiger partial charge in [0.15, 0.2) is 5.78 Å². The van der Waals surface area contributed by atoms with Gasteiger partial charge in [-0.1, -0.05) is 48.0 Å². The summed E-state index contributed by atoms with van der Waals surface area (Å²) in [5.41, 5.74) is 1.24. The number of aromatic nitrogens is 1. The first kappa shape index (κ1) is 16.2. The summed E-state index contributed by atoms with van der Waals surface area (Å²) in [5, 5.41) is 0.367. The molecule has 0 aliphatic carbocycles. The van der Waals surface area contributed by atoms with Crippen molar-refractivity contribution >= 4 is 23.4 Å². The molecule has 1 aromatic carbocycles. The summed E-state index contributed by atoms with van der Waals surface area (Å²) in [6.07, 6.45) is 1.80. The van der Waals surface area contributed by atoms with Crippen LogP contribution in [0.15, 0.2) is 48.7 Å². The lowest BCUT2D eigenvalue weighted by Gasteiger charge is -2.14. The zero-order valence-electron chi connectivity index (χ0n) is 12.2. The van der Waals surface area contributed by atoms with Crippen LogP contribution >= 0.6 is 11.6 Å². The van der Waals surface area contributed by atoms with E-state index in [1.54, 1.807) is 49.5 Å². The number of ether oxygens (including phenoxy) is 1. The van der Waals surface area contributed by atoms with Crippen LogP contribution in [0.25, 0.3) is 0 Å². The topological polar surface area (TPSA) is 56.3 Å². The molecule has 0 saturated carbocycles. The maximum absolute atomic E-state index is 12.6. The van der Waals surface area contributed by atoms with E-state index in [-0.39, 0.29) is 18.8 Å². The Kier molecular flexibility index (Phi) is 5.67. The number of rotatable bonds is 6. The third-order valence-electron chi connectivity index (χ3n) is 3.17. The number of hydrogen-bond donors (Lipinski definition) is 0. The second-order valence-electron chi connectivity index (χ2n) is 4.73. The zero-order chi connectivity index (χ0) is 15.9. The molecule has 1 aromatic heterocycles. The minimum Gasteiger partial charge on any atom is -0.465 e. The van der Waals surface area contributed by atoms with E-state index < -0.39 is 11.9 Å². The molecule has 0 bridgehead atoms. The fourth-order valence-corrected chi connectivity index (χ4v) is 2.20. The van der Waals surface area contributed by atoms with Crippen molar-refractivity contribution in [2.75, 3.05) is 6.61 Å². The van der Waals surface area contributed by atoms with Gasteiger partial charge < -0.3 is 4.74 Å². The molecule has 2 rings (SSSR count). The van der Waals surface area contributed by atoms with E-state index in [0.717, 1.165) is 5.56 Å². The van der Waals surface area contributed by atoms with Crippen LogP contribution in [0.5, 0.6) is 0 Å². The lowest BCUT2D eigenvalue weighted by molar-refractivity contribution is -0.146. The molecule has 22 heavy (non-hydrogen) atoms. The fourth-order valence-electron chi connectivity index (χ4n) is 2.09. The maximum Gasteiger partial charge on any atom is 0.317 e. The van der Waals surface area contributed by atoms with Crippen molar-refractivity contribution in [3.05, 3.63) is 64.9 Å². The molecule has 0 aliphatic rings. The van der Waals surface area contributed by atoms with Crippen molar-refractivity contribution in [1.29, 1.82) is 0 Å². The maximum atomic E-state index is 12.6. The number of halogens is 1. The van der Waals surface area contributed by atoms with Crippen molar-refractivity contribution in [2.45, 2.75) is 13.3 Å². The van der Waals surface area contributed by atoms with Crippen molar-refractivity contribution in [1.82, 2.24) is 4.98 Å². The fraction of sp³-hybridized carbons (Fsp3) is 0.235. The van der Waals surface area contributed by atoms with Gasteiger partial charge in [-0.3, -0.25) is 9.59 Å². The van der Waals surface area contributed by atoms with E-state index in [0.29, 0.717) is 10.7 Å². The second-order valence-corrected chi connectivity index (χ2v) is 5.12. The van der Waals surface area contributed by atoms with Gasteiger partial charge in [0.05, 0.1) is 6.61 Å². The summed E-state index contributed by atoms with van der Waals surface area (Å²) >= 11 is 5.75. The van der Waals surface area contributed by atoms with Gasteiger partial charge in [-0.05, 0) is 25.0 Å². The number of carbonyl (C=O) groups is 2. The zero-order valence-corrected chi connectivity index (χ0v) is 12.9. The summed E-state index contributed by atoms with van der Waals surface area (Å²) in [6.45, 7) is 1.95. The van der Waals surface area contributed by atoms with Gasteiger partial charge in [-0.25, -0.2) is 4.98 Å². The van der Waals surface area contributed by atoms with Crippen molar-refractivity contribution in [3.63, 3.8) is 0 Å². The van der Waals surface area contributed by atoms with Crippen LogP contribution in [0.4, 0.5) is 0 Å². The standard InChI is InChI=1S/C17H16ClNO3/c1-2-22-17(21)14(10-12-8-9-15(18)19-11-12)16(20)13-6-4-3-5-7-13/h3-9,11,14H,2,10H2,1H3/t14-/m0/s1. The third-order valence-corrected chi connectivity index (χ3v) is 3.40. The van der Waals surface area contributed by atoms with Gasteiger partial charge in [0.25, 0.3) is 0 Å². The van der Waals surface area contributed by atoms with E-state index in [1.807, 2.05) is 6.07 Å². The monoisotopic (exact) mass is 317 g/mol. The molecular weight excluding hydrogens is 302 g/mol. The number of pyridine rings is 1. The van der Waals surface area contributed by atoms with Crippen molar-refractivity contribution in [3.8, 4) is 0 Å². The Bertz CT molecular complexity index is 641. The molecule has 114 valence electrons. The Labute approximate surface area is 134 Å². The highest BCUT2D eigenvalue weighted by Crippen LogP contribution is 2.17. The van der Waals surface area contributed by atoms with Crippen molar-refractivity contribution in [2.24, 2.45) is 5.92 Å². The summed E-state index contributed by atoms with van der Waals surface area (Å²) in [7, 11) is 0. The minimum atomic E-state index is -0.884. The molecule has 1 heterocycles. The first-order valence-electron chi connectivity index (χ1n) is 6.98. The predicted molar refractivity (Wildman–Crippen MR) is 83.8 cm³/mol. The second kappa shape index (κ2) is 7.71. The molecular formula is C17H16ClNO3. The van der Waals surface area contributed by atoms with E-state index in [9.17, 15) is 9.59 Å². The van der Waals surface area contributed by atoms with Gasteiger partial charge in [-0.2, -0.15) is 0 Å². The molecule has 4 nitrogen and oxygen atoms in total. The molecule has 0 unspecified atom stereocenters. The minimum absolute atomic E-state index is 0.232. The number of benzene rings is 1. The quantitative estimate of drug-likeness (QED) is 0.355. The van der Waals surface area contributed by atoms with Crippen LogP contribution in [-0.2, 0) is 16.0 Å². The summed E-state index contributed by atoms with van der Waals surface area (Å²) < 4.78 is 5.04. The largest absolute Gasteiger partial charge is 0.465 e. The predicted octanol–water partition coefficient (Wildman–Crippen LogP) is 3.34. The van der Waals surface area contributed by atoms with E-state index >= 15 is 0 Å². The van der Waals surface area contributed by atoms with Crippen LogP contribution < -0.4 is 0 Å². The molecule has 0 N–H and O–H groups in total. The van der Waals surface area contributed by atoms with Crippen LogP contribution in [0.3, 0.4) is 0 Å². The van der Waals surface area contributed by atoms with Crippen LogP contribution in [0, 0.1) is 5.92 Å². The lowest BCUT2D eigenvalue weighted by Crippen LogP contribution is -2.28. The molecule has 0 spiro atoms. The van der Waals surface area contributed by atoms with Gasteiger partial charge in [0, 0.05) is 11.8 Å². The summed E-state index contributed by atoms with van der Waals surface area (Å²) in [4.78, 5) is 28.7.